The van der Waals surface area contributed by atoms with Crippen LogP contribution in [-0.4, -0.2) is 42.3 Å². The van der Waals surface area contributed by atoms with Crippen molar-refractivity contribution < 1.29 is 9.53 Å². The number of carbonyl (C=O) groups is 1. The smallest absolute Gasteiger partial charge is 0.357 e. The van der Waals surface area contributed by atoms with Crippen LogP contribution < -0.4 is 0 Å². The van der Waals surface area contributed by atoms with E-state index in [1.807, 2.05) is 18.2 Å². The minimum Gasteiger partial charge on any atom is -0.456 e. The predicted molar refractivity (Wildman–Crippen MR) is 72.3 cm³/mol. The molecular weight excluding hydrogens is 240 g/mol. The number of carbonyl (C=O) groups excluding carboxylic acids is 1. The summed E-state index contributed by atoms with van der Waals surface area (Å²) in [5, 5.41) is 7.90. The molecule has 1 N–H and O–H groups in total. The first-order valence-corrected chi connectivity index (χ1v) is 6.81. The lowest BCUT2D eigenvalue weighted by Crippen LogP contribution is -2.52. The van der Waals surface area contributed by atoms with Gasteiger partial charge in [0.25, 0.3) is 0 Å². The van der Waals surface area contributed by atoms with Crippen molar-refractivity contribution in [2.45, 2.75) is 18.9 Å². The van der Waals surface area contributed by atoms with Crippen LogP contribution in [0.4, 0.5) is 0 Å². The Morgan fingerprint density at radius 2 is 1.89 bits per heavy atom. The van der Waals surface area contributed by atoms with Crippen molar-refractivity contribution in [3.05, 3.63) is 35.9 Å². The Morgan fingerprint density at radius 1 is 1.21 bits per heavy atom. The maximum atomic E-state index is 12.0. The summed E-state index contributed by atoms with van der Waals surface area (Å²) in [6.45, 7) is 3.07. The van der Waals surface area contributed by atoms with Crippen molar-refractivity contribution in [2.75, 3.05) is 19.6 Å². The van der Waals surface area contributed by atoms with E-state index in [4.69, 9.17) is 10.1 Å². The SMILES string of the molecule is N=C(C(=O)OC1CN2CCC1CC2)c1ccccc1. The van der Waals surface area contributed by atoms with Crippen LogP contribution in [0.5, 0.6) is 0 Å². The molecule has 0 spiro atoms. The first-order valence-electron chi connectivity index (χ1n) is 6.81. The molecule has 19 heavy (non-hydrogen) atoms. The van der Waals surface area contributed by atoms with Gasteiger partial charge in [0.15, 0.2) is 0 Å². The number of hydrogen-bond acceptors (Lipinski definition) is 4. The van der Waals surface area contributed by atoms with Crippen LogP contribution in [0, 0.1) is 11.3 Å². The Kier molecular flexibility index (Phi) is 3.34. The molecule has 100 valence electrons. The molecule has 1 atom stereocenters. The summed E-state index contributed by atoms with van der Waals surface area (Å²) in [6, 6.07) is 9.05. The van der Waals surface area contributed by atoms with Gasteiger partial charge in [-0.1, -0.05) is 30.3 Å². The number of rotatable bonds is 3. The van der Waals surface area contributed by atoms with Crippen molar-refractivity contribution in [2.24, 2.45) is 5.92 Å². The largest absolute Gasteiger partial charge is 0.456 e. The molecule has 0 amide bonds. The molecule has 1 aromatic carbocycles. The predicted octanol–water partition coefficient (Wildman–Crippen LogP) is 1.69. The second kappa shape index (κ2) is 5.13. The summed E-state index contributed by atoms with van der Waals surface area (Å²) >= 11 is 0. The fraction of sp³-hybridized carbons (Fsp3) is 0.467. The standard InChI is InChI=1S/C15H18N2O2/c16-14(12-4-2-1-3-5-12)15(18)19-13-10-17-8-6-11(13)7-9-17/h1-5,11,13,16H,6-10H2. The highest BCUT2D eigenvalue weighted by Crippen LogP contribution is 2.29. The second-order valence-electron chi connectivity index (χ2n) is 5.32. The van der Waals surface area contributed by atoms with Crippen LogP contribution in [0.2, 0.25) is 0 Å². The molecule has 3 aliphatic heterocycles. The van der Waals surface area contributed by atoms with Crippen LogP contribution >= 0.6 is 0 Å². The highest BCUT2D eigenvalue weighted by molar-refractivity contribution is 6.41. The molecule has 0 aliphatic carbocycles. The molecule has 1 unspecified atom stereocenters. The van der Waals surface area contributed by atoms with Crippen molar-refractivity contribution >= 4 is 11.7 Å². The van der Waals surface area contributed by atoms with E-state index in [0.717, 1.165) is 32.5 Å². The zero-order valence-corrected chi connectivity index (χ0v) is 10.8. The number of nitrogens with zero attached hydrogens (tertiary/aromatic N) is 1. The van der Waals surface area contributed by atoms with Crippen LogP contribution in [0.25, 0.3) is 0 Å². The number of esters is 1. The molecule has 0 saturated carbocycles. The van der Waals surface area contributed by atoms with Gasteiger partial charge in [-0.25, -0.2) is 4.79 Å². The van der Waals surface area contributed by atoms with Gasteiger partial charge in [-0.3, -0.25) is 10.3 Å². The van der Waals surface area contributed by atoms with Crippen LogP contribution in [-0.2, 0) is 9.53 Å². The fourth-order valence-corrected chi connectivity index (χ4v) is 2.96. The molecule has 0 aromatic heterocycles. The average Bonchev–Trinajstić information content (AvgIpc) is 2.48. The van der Waals surface area contributed by atoms with E-state index in [0.29, 0.717) is 11.5 Å². The Hall–Kier alpha value is -1.68. The molecule has 4 rings (SSSR count). The van der Waals surface area contributed by atoms with Crippen LogP contribution in [0.1, 0.15) is 18.4 Å². The maximum Gasteiger partial charge on any atom is 0.357 e. The van der Waals surface area contributed by atoms with E-state index in [9.17, 15) is 4.79 Å². The highest BCUT2D eigenvalue weighted by Gasteiger charge is 2.36. The molecular formula is C15H18N2O2. The lowest BCUT2D eigenvalue weighted by Gasteiger charge is -2.43. The summed E-state index contributed by atoms with van der Waals surface area (Å²) in [5.74, 6) is -0.0116. The topological polar surface area (TPSA) is 53.4 Å². The van der Waals surface area contributed by atoms with Crippen LogP contribution in [0.3, 0.4) is 0 Å². The Labute approximate surface area is 112 Å². The van der Waals surface area contributed by atoms with E-state index >= 15 is 0 Å². The van der Waals surface area contributed by atoms with Gasteiger partial charge < -0.3 is 4.74 Å². The molecule has 4 heteroatoms. The minimum atomic E-state index is -0.495. The maximum absolute atomic E-state index is 12.0. The molecule has 3 fully saturated rings. The van der Waals surface area contributed by atoms with Gasteiger partial charge in [0.1, 0.15) is 11.8 Å². The van der Waals surface area contributed by atoms with Gasteiger partial charge in [0.2, 0.25) is 0 Å². The number of fused-ring (bicyclic) bond motifs is 3. The van der Waals surface area contributed by atoms with E-state index < -0.39 is 5.97 Å². The summed E-state index contributed by atoms with van der Waals surface area (Å²) < 4.78 is 5.54. The van der Waals surface area contributed by atoms with E-state index in [2.05, 4.69) is 4.90 Å². The third-order valence-electron chi connectivity index (χ3n) is 4.12. The molecule has 4 nitrogen and oxygen atoms in total. The van der Waals surface area contributed by atoms with Crippen LogP contribution in [0.15, 0.2) is 30.3 Å². The zero-order valence-electron chi connectivity index (χ0n) is 10.8. The fourth-order valence-electron chi connectivity index (χ4n) is 2.96. The Bertz CT molecular complexity index is 478. The Balaban J connectivity index is 1.64. The lowest BCUT2D eigenvalue weighted by molar-refractivity contribution is -0.150. The third-order valence-corrected chi connectivity index (χ3v) is 4.12. The normalized spacial score (nSPS) is 28.9. The highest BCUT2D eigenvalue weighted by atomic mass is 16.5. The molecule has 3 saturated heterocycles. The van der Waals surface area contributed by atoms with Gasteiger partial charge in [-0.15, -0.1) is 0 Å². The molecule has 0 radical (unpaired) electrons. The van der Waals surface area contributed by atoms with E-state index in [1.54, 1.807) is 12.1 Å². The number of hydrogen-bond donors (Lipinski definition) is 1. The molecule has 2 bridgehead atoms. The lowest BCUT2D eigenvalue weighted by atomic mass is 9.86. The van der Waals surface area contributed by atoms with Crippen molar-refractivity contribution in [1.82, 2.24) is 4.90 Å². The number of ether oxygens (including phenoxy) is 1. The number of piperidine rings is 3. The van der Waals surface area contributed by atoms with Gasteiger partial charge >= 0.3 is 5.97 Å². The summed E-state index contributed by atoms with van der Waals surface area (Å²) in [6.07, 6.45) is 2.19. The Morgan fingerprint density at radius 3 is 2.47 bits per heavy atom. The minimum absolute atomic E-state index is 0.0286. The first-order chi connectivity index (χ1) is 9.24. The molecule has 3 heterocycles. The monoisotopic (exact) mass is 258 g/mol. The van der Waals surface area contributed by atoms with Gasteiger partial charge in [-0.05, 0) is 31.8 Å². The molecule has 1 aromatic rings. The van der Waals surface area contributed by atoms with Gasteiger partial charge in [0, 0.05) is 12.1 Å². The average molecular weight is 258 g/mol. The summed E-state index contributed by atoms with van der Waals surface area (Å²) in [4.78, 5) is 14.4. The zero-order chi connectivity index (χ0) is 13.2. The summed E-state index contributed by atoms with van der Waals surface area (Å²) in [7, 11) is 0. The first kappa shape index (κ1) is 12.4. The third kappa shape index (κ3) is 2.54. The number of nitrogens with one attached hydrogen (secondary N) is 1. The summed E-state index contributed by atoms with van der Waals surface area (Å²) in [5.41, 5.74) is 0.575. The second-order valence-corrected chi connectivity index (χ2v) is 5.32. The number of benzene rings is 1. The molecule has 3 aliphatic rings. The quantitative estimate of drug-likeness (QED) is 0.663. The van der Waals surface area contributed by atoms with Gasteiger partial charge in [0.05, 0.1) is 0 Å². The van der Waals surface area contributed by atoms with E-state index in [1.165, 1.54) is 0 Å². The van der Waals surface area contributed by atoms with Crippen molar-refractivity contribution in [1.29, 1.82) is 5.41 Å². The van der Waals surface area contributed by atoms with Crippen molar-refractivity contribution in [3.8, 4) is 0 Å². The van der Waals surface area contributed by atoms with Crippen molar-refractivity contribution in [3.63, 3.8) is 0 Å². The van der Waals surface area contributed by atoms with Gasteiger partial charge in [-0.2, -0.15) is 0 Å². The van der Waals surface area contributed by atoms with E-state index in [-0.39, 0.29) is 11.8 Å².